The molecule has 0 radical (unpaired) electrons. The van der Waals surface area contributed by atoms with E-state index >= 15 is 0 Å². The Balaban J connectivity index is 1.93. The third-order valence-corrected chi connectivity index (χ3v) is 3.42. The zero-order valence-electron chi connectivity index (χ0n) is 7.77. The van der Waals surface area contributed by atoms with Gasteiger partial charge in [-0.05, 0) is 50.6 Å². The van der Waals surface area contributed by atoms with Crippen LogP contribution >= 0.6 is 0 Å². The molecule has 1 heterocycles. The fourth-order valence-electron chi connectivity index (χ4n) is 3.21. The summed E-state index contributed by atoms with van der Waals surface area (Å²) in [5.74, 6) is 1.02. The Morgan fingerprint density at radius 2 is 2.09 bits per heavy atom. The van der Waals surface area contributed by atoms with E-state index in [1.165, 1.54) is 38.8 Å². The van der Waals surface area contributed by atoms with Crippen LogP contribution in [0, 0.1) is 11.3 Å². The molecule has 2 fully saturated rings. The van der Waals surface area contributed by atoms with E-state index in [1.54, 1.807) is 0 Å². The molecule has 0 unspecified atom stereocenters. The lowest BCUT2D eigenvalue weighted by Gasteiger charge is -2.51. The predicted molar refractivity (Wildman–Crippen MR) is 47.6 cm³/mol. The van der Waals surface area contributed by atoms with E-state index in [1.807, 2.05) is 0 Å². The molecule has 0 N–H and O–H groups in total. The molecule has 11 heavy (non-hydrogen) atoms. The van der Waals surface area contributed by atoms with Gasteiger partial charge in [0.25, 0.3) is 0 Å². The van der Waals surface area contributed by atoms with Crippen molar-refractivity contribution in [2.75, 3.05) is 20.1 Å². The molecule has 0 aromatic heterocycles. The minimum atomic E-state index is 0.770. The largest absolute Gasteiger partial charge is 0.306 e. The van der Waals surface area contributed by atoms with E-state index in [0.29, 0.717) is 0 Å². The monoisotopic (exact) mass is 153 g/mol. The van der Waals surface area contributed by atoms with E-state index in [9.17, 15) is 0 Å². The van der Waals surface area contributed by atoms with Crippen molar-refractivity contribution in [2.45, 2.75) is 32.6 Å². The molecular formula is C10H19N. The van der Waals surface area contributed by atoms with Crippen molar-refractivity contribution >= 4 is 0 Å². The standard InChI is InChI=1S/C10H19N/c1-9-6-10(7-9)4-3-5-11(2)8-10/h9H,3-8H2,1-2H3. The number of rotatable bonds is 0. The molecule has 2 aliphatic rings. The Kier molecular flexibility index (Phi) is 1.71. The Bertz CT molecular complexity index is 141. The second kappa shape index (κ2) is 2.48. The quantitative estimate of drug-likeness (QED) is 0.515. The van der Waals surface area contributed by atoms with Crippen molar-refractivity contribution in [3.8, 4) is 0 Å². The molecule has 1 saturated carbocycles. The van der Waals surface area contributed by atoms with Gasteiger partial charge < -0.3 is 4.90 Å². The summed E-state index contributed by atoms with van der Waals surface area (Å²) in [6.07, 6.45) is 5.93. The smallest absolute Gasteiger partial charge is 0.00351 e. The Morgan fingerprint density at radius 3 is 2.64 bits per heavy atom. The van der Waals surface area contributed by atoms with Crippen LogP contribution in [0.4, 0.5) is 0 Å². The van der Waals surface area contributed by atoms with E-state index in [4.69, 9.17) is 0 Å². The molecule has 0 amide bonds. The van der Waals surface area contributed by atoms with E-state index in [0.717, 1.165) is 11.3 Å². The second-order valence-electron chi connectivity index (χ2n) is 4.85. The lowest BCUT2D eigenvalue weighted by Crippen LogP contribution is -2.48. The van der Waals surface area contributed by atoms with Gasteiger partial charge >= 0.3 is 0 Å². The first kappa shape index (κ1) is 7.60. The molecule has 0 atom stereocenters. The first-order valence-corrected chi connectivity index (χ1v) is 4.89. The maximum Gasteiger partial charge on any atom is 0.00351 e. The molecule has 2 rings (SSSR count). The lowest BCUT2D eigenvalue weighted by molar-refractivity contribution is -0.00749. The van der Waals surface area contributed by atoms with Crippen LogP contribution in [-0.2, 0) is 0 Å². The summed E-state index contributed by atoms with van der Waals surface area (Å²) in [6, 6.07) is 0. The zero-order chi connectivity index (χ0) is 7.90. The Morgan fingerprint density at radius 1 is 1.36 bits per heavy atom. The SMILES string of the molecule is CC1CC2(CCCN(C)C2)C1. The minimum absolute atomic E-state index is 0.770. The van der Waals surface area contributed by atoms with E-state index in [-0.39, 0.29) is 0 Å². The zero-order valence-corrected chi connectivity index (χ0v) is 7.77. The van der Waals surface area contributed by atoms with Crippen molar-refractivity contribution in [1.82, 2.24) is 4.90 Å². The summed E-state index contributed by atoms with van der Waals surface area (Å²) in [5.41, 5.74) is 0.770. The van der Waals surface area contributed by atoms with Crippen molar-refractivity contribution in [2.24, 2.45) is 11.3 Å². The number of likely N-dealkylation sites (tertiary alicyclic amines) is 1. The van der Waals surface area contributed by atoms with Crippen molar-refractivity contribution in [1.29, 1.82) is 0 Å². The van der Waals surface area contributed by atoms with Crippen LogP contribution in [0.3, 0.4) is 0 Å². The summed E-state index contributed by atoms with van der Waals surface area (Å²) >= 11 is 0. The summed E-state index contributed by atoms with van der Waals surface area (Å²) < 4.78 is 0. The highest BCUT2D eigenvalue weighted by molar-refractivity contribution is 4.95. The molecular weight excluding hydrogens is 134 g/mol. The van der Waals surface area contributed by atoms with Crippen LogP contribution in [0.2, 0.25) is 0 Å². The van der Waals surface area contributed by atoms with Gasteiger partial charge in [0.15, 0.2) is 0 Å². The molecule has 0 aromatic rings. The van der Waals surface area contributed by atoms with E-state index in [2.05, 4.69) is 18.9 Å². The summed E-state index contributed by atoms with van der Waals surface area (Å²) in [5, 5.41) is 0. The summed E-state index contributed by atoms with van der Waals surface area (Å²) in [7, 11) is 2.27. The lowest BCUT2D eigenvalue weighted by atomic mass is 9.59. The normalized spacial score (nSPS) is 45.8. The predicted octanol–water partition coefficient (Wildman–Crippen LogP) is 2.13. The summed E-state index contributed by atoms with van der Waals surface area (Å²) in [6.45, 7) is 5.09. The maximum atomic E-state index is 2.51. The van der Waals surface area contributed by atoms with Crippen molar-refractivity contribution in [3.63, 3.8) is 0 Å². The second-order valence-corrected chi connectivity index (χ2v) is 4.85. The van der Waals surface area contributed by atoms with Gasteiger partial charge in [0.2, 0.25) is 0 Å². The van der Waals surface area contributed by atoms with Gasteiger partial charge in [-0.2, -0.15) is 0 Å². The van der Waals surface area contributed by atoms with Gasteiger partial charge in [-0.25, -0.2) is 0 Å². The van der Waals surface area contributed by atoms with Gasteiger partial charge in [-0.15, -0.1) is 0 Å². The summed E-state index contributed by atoms with van der Waals surface area (Å²) in [4.78, 5) is 2.51. The molecule has 64 valence electrons. The molecule has 0 aromatic carbocycles. The average molecular weight is 153 g/mol. The third kappa shape index (κ3) is 1.31. The van der Waals surface area contributed by atoms with Crippen LogP contribution in [0.25, 0.3) is 0 Å². The average Bonchev–Trinajstić information content (AvgIpc) is 1.84. The van der Waals surface area contributed by atoms with Crippen LogP contribution in [0.1, 0.15) is 32.6 Å². The Labute approximate surface area is 69.8 Å². The number of hydrogen-bond donors (Lipinski definition) is 0. The molecule has 1 aliphatic carbocycles. The fourth-order valence-corrected chi connectivity index (χ4v) is 3.21. The first-order chi connectivity index (χ1) is 5.20. The van der Waals surface area contributed by atoms with Crippen LogP contribution in [0.5, 0.6) is 0 Å². The molecule has 1 spiro atoms. The van der Waals surface area contributed by atoms with Gasteiger partial charge in [0.05, 0.1) is 0 Å². The van der Waals surface area contributed by atoms with Gasteiger partial charge in [0.1, 0.15) is 0 Å². The first-order valence-electron chi connectivity index (χ1n) is 4.89. The maximum absolute atomic E-state index is 2.51. The minimum Gasteiger partial charge on any atom is -0.306 e. The number of hydrogen-bond acceptors (Lipinski definition) is 1. The topological polar surface area (TPSA) is 3.24 Å². The van der Waals surface area contributed by atoms with Crippen LogP contribution < -0.4 is 0 Å². The van der Waals surface area contributed by atoms with Crippen molar-refractivity contribution < 1.29 is 0 Å². The van der Waals surface area contributed by atoms with Crippen LogP contribution in [0.15, 0.2) is 0 Å². The van der Waals surface area contributed by atoms with Gasteiger partial charge in [-0.3, -0.25) is 0 Å². The number of piperidine rings is 1. The highest BCUT2D eigenvalue weighted by Crippen LogP contribution is 2.50. The Hall–Kier alpha value is -0.0400. The third-order valence-electron chi connectivity index (χ3n) is 3.42. The highest BCUT2D eigenvalue weighted by atomic mass is 15.1. The molecule has 0 bridgehead atoms. The highest BCUT2D eigenvalue weighted by Gasteiger charge is 2.43. The molecule has 1 aliphatic heterocycles. The van der Waals surface area contributed by atoms with Crippen molar-refractivity contribution in [3.05, 3.63) is 0 Å². The molecule has 1 saturated heterocycles. The van der Waals surface area contributed by atoms with Gasteiger partial charge in [-0.1, -0.05) is 6.92 Å². The van der Waals surface area contributed by atoms with Gasteiger partial charge in [0, 0.05) is 6.54 Å². The van der Waals surface area contributed by atoms with E-state index < -0.39 is 0 Å². The van der Waals surface area contributed by atoms with Crippen LogP contribution in [-0.4, -0.2) is 25.0 Å². The number of nitrogens with zero attached hydrogens (tertiary/aromatic N) is 1. The molecule has 1 heteroatoms. The molecule has 1 nitrogen and oxygen atoms in total. The fraction of sp³-hybridized carbons (Fsp3) is 1.00.